The minimum absolute atomic E-state index is 0.0354. The number of hydrogen-bond acceptors (Lipinski definition) is 6. The zero-order valence-corrected chi connectivity index (χ0v) is 21.9. The zero-order valence-electron chi connectivity index (χ0n) is 21.9. The summed E-state index contributed by atoms with van der Waals surface area (Å²) >= 11 is 0. The van der Waals surface area contributed by atoms with E-state index in [1.807, 2.05) is 0 Å². The number of nitrogens with zero attached hydrogens (tertiary/aromatic N) is 1. The summed E-state index contributed by atoms with van der Waals surface area (Å²) in [4.78, 5) is 16.9. The lowest BCUT2D eigenvalue weighted by Crippen LogP contribution is -2.40. The van der Waals surface area contributed by atoms with E-state index in [2.05, 4.69) is 15.6 Å². The highest BCUT2D eigenvalue weighted by Crippen LogP contribution is 2.44. The first-order chi connectivity index (χ1) is 18.0. The van der Waals surface area contributed by atoms with Gasteiger partial charge in [-0.25, -0.2) is 22.9 Å². The van der Waals surface area contributed by atoms with Gasteiger partial charge in [-0.3, -0.25) is 0 Å². The third kappa shape index (κ3) is 7.36. The lowest BCUT2D eigenvalue weighted by Gasteiger charge is -2.33. The van der Waals surface area contributed by atoms with Gasteiger partial charge in [0.25, 0.3) is 0 Å². The highest BCUT2D eigenvalue weighted by atomic mass is 19.4. The van der Waals surface area contributed by atoms with Crippen LogP contribution in [0.4, 0.5) is 31.1 Å². The number of aliphatic hydroxyl groups is 1. The molecular formula is C26H33F6N3O4. The minimum atomic E-state index is -4.82. The largest absolute Gasteiger partial charge is 0.444 e. The van der Waals surface area contributed by atoms with Gasteiger partial charge in [0.05, 0.1) is 0 Å². The maximum atomic E-state index is 15.7. The summed E-state index contributed by atoms with van der Waals surface area (Å²) in [5, 5.41) is 14.7. The van der Waals surface area contributed by atoms with E-state index in [-0.39, 0.29) is 54.2 Å². The quantitative estimate of drug-likeness (QED) is 0.324. The second-order valence-corrected chi connectivity index (χ2v) is 11.5. The average Bonchev–Trinajstić information content (AvgIpc) is 3.55. The topological polar surface area (TPSA) is 96.6 Å². The molecule has 39 heavy (non-hydrogen) atoms. The van der Waals surface area contributed by atoms with Crippen LogP contribution in [0.1, 0.15) is 82.8 Å². The third-order valence-electron chi connectivity index (χ3n) is 7.05. The highest BCUT2D eigenvalue weighted by molar-refractivity contribution is 5.75. The summed E-state index contributed by atoms with van der Waals surface area (Å²) in [6.45, 7) is 4.19. The number of halogens is 6. The van der Waals surface area contributed by atoms with Crippen LogP contribution in [0.5, 0.6) is 0 Å². The van der Waals surface area contributed by atoms with E-state index in [9.17, 15) is 31.9 Å². The molecule has 0 saturated heterocycles. The van der Waals surface area contributed by atoms with Crippen LogP contribution >= 0.6 is 0 Å². The zero-order chi connectivity index (χ0) is 28.8. The van der Waals surface area contributed by atoms with Crippen LogP contribution in [-0.4, -0.2) is 46.5 Å². The van der Waals surface area contributed by atoms with Crippen LogP contribution < -0.4 is 10.6 Å². The summed E-state index contributed by atoms with van der Waals surface area (Å²) in [5.41, 5.74) is -0.911. The molecule has 0 spiro atoms. The van der Waals surface area contributed by atoms with Gasteiger partial charge in [-0.1, -0.05) is 6.07 Å². The Hall–Kier alpha value is -2.54. The average molecular weight is 566 g/mol. The molecule has 2 aromatic rings. The molecule has 2 saturated carbocycles. The summed E-state index contributed by atoms with van der Waals surface area (Å²) < 4.78 is 92.9. The van der Waals surface area contributed by atoms with E-state index in [1.54, 1.807) is 20.8 Å². The normalized spacial score (nSPS) is 21.0. The van der Waals surface area contributed by atoms with Crippen LogP contribution in [0.25, 0.3) is 11.1 Å². The van der Waals surface area contributed by atoms with Gasteiger partial charge in [0.2, 0.25) is 11.8 Å². The van der Waals surface area contributed by atoms with Crippen molar-refractivity contribution in [3.63, 3.8) is 0 Å². The highest BCUT2D eigenvalue weighted by Gasteiger charge is 2.42. The van der Waals surface area contributed by atoms with Crippen molar-refractivity contribution in [2.45, 2.75) is 95.2 Å². The first kappa shape index (κ1) is 29.4. The molecule has 4 rings (SSSR count). The Labute approximate surface area is 221 Å². The number of alkyl carbamates (subject to hydrolysis) is 1. The number of carbonyl (C=O) groups is 1. The van der Waals surface area contributed by atoms with Crippen LogP contribution in [0.3, 0.4) is 0 Å². The number of nitrogens with one attached hydrogen (secondary N) is 2. The molecule has 1 unspecified atom stereocenters. The summed E-state index contributed by atoms with van der Waals surface area (Å²) in [6.07, 6.45) is -7.52. The molecular weight excluding hydrogens is 532 g/mol. The minimum Gasteiger partial charge on any atom is -0.444 e. The summed E-state index contributed by atoms with van der Waals surface area (Å²) in [7, 11) is 0. The van der Waals surface area contributed by atoms with E-state index in [1.165, 1.54) is 12.1 Å². The number of oxazole rings is 1. The van der Waals surface area contributed by atoms with Gasteiger partial charge >= 0.3 is 12.3 Å². The van der Waals surface area contributed by atoms with E-state index >= 15 is 4.39 Å². The number of ether oxygens (including phenoxy) is 1. The molecule has 1 amide bonds. The third-order valence-corrected chi connectivity index (χ3v) is 7.05. The van der Waals surface area contributed by atoms with E-state index in [0.717, 1.165) is 0 Å². The Bertz CT molecular complexity index is 1160. The molecule has 0 bridgehead atoms. The Morgan fingerprint density at radius 3 is 2.31 bits per heavy atom. The predicted molar refractivity (Wildman–Crippen MR) is 129 cm³/mol. The molecule has 13 heteroatoms. The lowest BCUT2D eigenvalue weighted by atomic mass is 9.82. The van der Waals surface area contributed by atoms with Crippen LogP contribution in [0.15, 0.2) is 16.5 Å². The van der Waals surface area contributed by atoms with Crippen molar-refractivity contribution in [1.82, 2.24) is 15.6 Å². The number of hydrogen-bond donors (Lipinski definition) is 3. The number of fused-ring (bicyclic) bond motifs is 1. The van der Waals surface area contributed by atoms with Crippen molar-refractivity contribution >= 4 is 17.2 Å². The Morgan fingerprint density at radius 1 is 1.13 bits per heavy atom. The van der Waals surface area contributed by atoms with Gasteiger partial charge < -0.3 is 24.9 Å². The SMILES string of the molecule is CC(C)(C)OC(=O)N[C@H](c1nc2c(F)c(C(NC[C@@H](O)C(F)(F)F)C3CC3)ccc2o1)C1CCC(F)(F)CC1. The monoisotopic (exact) mass is 565 g/mol. The number of amides is 1. The molecule has 218 valence electrons. The van der Waals surface area contributed by atoms with Crippen LogP contribution in [-0.2, 0) is 4.74 Å². The van der Waals surface area contributed by atoms with Gasteiger partial charge in [-0.05, 0) is 64.4 Å². The molecule has 1 heterocycles. The fraction of sp³-hybridized carbons (Fsp3) is 0.692. The fourth-order valence-electron chi connectivity index (χ4n) is 4.89. The van der Waals surface area contributed by atoms with Gasteiger partial charge in [-0.2, -0.15) is 13.2 Å². The Morgan fingerprint density at radius 2 is 1.74 bits per heavy atom. The Kier molecular flexibility index (Phi) is 8.15. The molecule has 3 N–H and O–H groups in total. The number of alkyl halides is 5. The Balaban J connectivity index is 1.62. The molecule has 1 aromatic carbocycles. The predicted octanol–water partition coefficient (Wildman–Crippen LogP) is 6.32. The standard InChI is InChI=1S/C26H33F6N3O4/c1-24(2,3)39-23(37)35-20(14-8-10-25(28,29)11-9-14)22-34-21-16(38-22)7-6-15(18(21)27)19(13-4-5-13)33-12-17(36)26(30,31)32/h6-7,13-14,17,19-20,33,36H,4-5,8-12H2,1-3H3,(H,35,37)/t17-,19?,20+/m1/s1. The van der Waals surface area contributed by atoms with Crippen LogP contribution in [0.2, 0.25) is 0 Å². The first-order valence-electron chi connectivity index (χ1n) is 13.0. The molecule has 2 fully saturated rings. The van der Waals surface area contributed by atoms with Crippen molar-refractivity contribution in [2.24, 2.45) is 11.8 Å². The molecule has 0 radical (unpaired) electrons. The molecule has 2 aliphatic rings. The summed E-state index contributed by atoms with van der Waals surface area (Å²) in [6, 6.07) is 1.06. The second kappa shape index (κ2) is 10.8. The lowest BCUT2D eigenvalue weighted by molar-refractivity contribution is -0.202. The van der Waals surface area contributed by atoms with E-state index in [4.69, 9.17) is 9.15 Å². The maximum absolute atomic E-state index is 15.7. The molecule has 3 atom stereocenters. The van der Waals surface area contributed by atoms with Gasteiger partial charge in [0.1, 0.15) is 17.2 Å². The van der Waals surface area contributed by atoms with Gasteiger partial charge in [0.15, 0.2) is 17.5 Å². The summed E-state index contributed by atoms with van der Waals surface area (Å²) in [5.74, 6) is -4.29. The van der Waals surface area contributed by atoms with Crippen molar-refractivity contribution in [3.05, 3.63) is 29.4 Å². The van der Waals surface area contributed by atoms with E-state index in [0.29, 0.717) is 12.8 Å². The van der Waals surface area contributed by atoms with Crippen molar-refractivity contribution in [3.8, 4) is 0 Å². The smallest absolute Gasteiger partial charge is 0.415 e. The van der Waals surface area contributed by atoms with Crippen molar-refractivity contribution < 1.29 is 45.4 Å². The molecule has 1 aromatic heterocycles. The fourth-order valence-corrected chi connectivity index (χ4v) is 4.89. The number of aromatic nitrogens is 1. The number of benzene rings is 1. The van der Waals surface area contributed by atoms with Crippen molar-refractivity contribution in [1.29, 1.82) is 0 Å². The van der Waals surface area contributed by atoms with Gasteiger partial charge in [-0.15, -0.1) is 0 Å². The number of carbonyl (C=O) groups excluding carboxylic acids is 1. The van der Waals surface area contributed by atoms with Gasteiger partial charge in [0, 0.05) is 31.0 Å². The van der Waals surface area contributed by atoms with Crippen molar-refractivity contribution in [2.75, 3.05) is 6.54 Å². The maximum Gasteiger partial charge on any atom is 0.415 e. The van der Waals surface area contributed by atoms with Crippen LogP contribution in [0, 0.1) is 17.7 Å². The number of aliphatic hydroxyl groups excluding tert-OH is 1. The molecule has 2 aliphatic carbocycles. The molecule has 7 nitrogen and oxygen atoms in total. The van der Waals surface area contributed by atoms with E-state index < -0.39 is 60.3 Å². The first-order valence-corrected chi connectivity index (χ1v) is 13.0. The second-order valence-electron chi connectivity index (χ2n) is 11.5. The number of rotatable bonds is 8. The molecule has 0 aliphatic heterocycles.